The lowest BCUT2D eigenvalue weighted by molar-refractivity contribution is 0.321. The van der Waals surface area contributed by atoms with E-state index in [1.54, 1.807) is 22.7 Å². The second-order valence-corrected chi connectivity index (χ2v) is 4.82. The van der Waals surface area contributed by atoms with Crippen molar-refractivity contribution in [1.29, 1.82) is 0 Å². The summed E-state index contributed by atoms with van der Waals surface area (Å²) < 4.78 is 7.32. The van der Waals surface area contributed by atoms with Crippen molar-refractivity contribution >= 4 is 28.9 Å². The van der Waals surface area contributed by atoms with Gasteiger partial charge in [0.2, 0.25) is 11.8 Å². The summed E-state index contributed by atoms with van der Waals surface area (Å²) in [5, 5.41) is 8.65. The van der Waals surface area contributed by atoms with E-state index in [1.807, 2.05) is 34.7 Å². The molecule has 0 aliphatic carbocycles. The van der Waals surface area contributed by atoms with Crippen LogP contribution in [0, 0.1) is 0 Å². The SMILES string of the molecule is CC.CC.Cn1cnc2c(OCCSCCO)nc(N)nc21. The first-order valence-electron chi connectivity index (χ1n) is 7.48. The van der Waals surface area contributed by atoms with Crippen molar-refractivity contribution in [1.82, 2.24) is 19.5 Å². The van der Waals surface area contributed by atoms with E-state index < -0.39 is 0 Å². The van der Waals surface area contributed by atoms with E-state index >= 15 is 0 Å². The third-order valence-corrected chi connectivity index (χ3v) is 3.17. The van der Waals surface area contributed by atoms with E-state index in [1.165, 1.54) is 0 Å². The summed E-state index contributed by atoms with van der Waals surface area (Å²) in [4.78, 5) is 12.3. The number of hydrogen-bond acceptors (Lipinski definition) is 7. The van der Waals surface area contributed by atoms with Gasteiger partial charge in [-0.05, 0) is 0 Å². The van der Waals surface area contributed by atoms with E-state index in [4.69, 9.17) is 15.6 Å². The predicted octanol–water partition coefficient (Wildman–Crippen LogP) is 2.10. The van der Waals surface area contributed by atoms with Crippen LogP contribution in [0.4, 0.5) is 5.95 Å². The number of thioether (sulfide) groups is 1. The molecule has 0 amide bonds. The molecule has 0 aliphatic heterocycles. The van der Waals surface area contributed by atoms with Crippen LogP contribution in [0.1, 0.15) is 27.7 Å². The first kappa shape index (κ1) is 20.5. The lowest BCUT2D eigenvalue weighted by Crippen LogP contribution is -2.06. The fraction of sp³-hybridized carbons (Fsp3) is 0.643. The van der Waals surface area contributed by atoms with Gasteiger partial charge in [0, 0.05) is 18.6 Å². The van der Waals surface area contributed by atoms with Crippen LogP contribution in [0.5, 0.6) is 5.88 Å². The number of aliphatic hydroxyl groups excluding tert-OH is 1. The Morgan fingerprint density at radius 3 is 2.55 bits per heavy atom. The summed E-state index contributed by atoms with van der Waals surface area (Å²) in [6.45, 7) is 8.67. The number of nitrogens with two attached hydrogens (primary N) is 1. The number of hydrogen-bond donors (Lipinski definition) is 2. The fourth-order valence-corrected chi connectivity index (χ4v) is 2.00. The normalized spacial score (nSPS) is 9.55. The van der Waals surface area contributed by atoms with Crippen LogP contribution in [-0.4, -0.2) is 49.3 Å². The molecule has 8 heteroatoms. The number of imidazole rings is 1. The second-order valence-electron chi connectivity index (χ2n) is 3.60. The van der Waals surface area contributed by atoms with Crippen LogP contribution >= 0.6 is 11.8 Å². The monoisotopic (exact) mass is 329 g/mol. The summed E-state index contributed by atoms with van der Waals surface area (Å²) in [7, 11) is 1.84. The Balaban J connectivity index is 0.00000102. The zero-order valence-electron chi connectivity index (χ0n) is 14.0. The minimum atomic E-state index is 0.170. The van der Waals surface area contributed by atoms with Gasteiger partial charge in [0.1, 0.15) is 0 Å². The van der Waals surface area contributed by atoms with Gasteiger partial charge in [-0.1, -0.05) is 27.7 Å². The smallest absolute Gasteiger partial charge is 0.247 e. The summed E-state index contributed by atoms with van der Waals surface area (Å²) in [6.07, 6.45) is 1.64. The molecule has 0 aliphatic rings. The summed E-state index contributed by atoms with van der Waals surface area (Å²) in [5.41, 5.74) is 6.89. The molecule has 2 aromatic heterocycles. The molecule has 0 saturated heterocycles. The average Bonchev–Trinajstić information content (AvgIpc) is 2.92. The van der Waals surface area contributed by atoms with Crippen LogP contribution in [0.2, 0.25) is 0 Å². The van der Waals surface area contributed by atoms with Crippen LogP contribution in [0.15, 0.2) is 6.33 Å². The van der Waals surface area contributed by atoms with Crippen molar-refractivity contribution in [3.8, 4) is 5.88 Å². The van der Waals surface area contributed by atoms with Gasteiger partial charge in [-0.3, -0.25) is 0 Å². The Morgan fingerprint density at radius 1 is 1.23 bits per heavy atom. The number of nitrogens with zero attached hydrogens (tertiary/aromatic N) is 4. The van der Waals surface area contributed by atoms with Gasteiger partial charge in [-0.25, -0.2) is 4.98 Å². The molecule has 0 unspecified atom stereocenters. The van der Waals surface area contributed by atoms with E-state index in [0.717, 1.165) is 5.75 Å². The molecule has 0 fully saturated rings. The van der Waals surface area contributed by atoms with Crippen LogP contribution in [0.3, 0.4) is 0 Å². The highest BCUT2D eigenvalue weighted by Gasteiger charge is 2.11. The number of ether oxygens (including phenoxy) is 1. The lowest BCUT2D eigenvalue weighted by atomic mass is 10.5. The summed E-state index contributed by atoms with van der Waals surface area (Å²) in [5.74, 6) is 2.05. The first-order valence-corrected chi connectivity index (χ1v) is 8.64. The van der Waals surface area contributed by atoms with Crippen molar-refractivity contribution in [3.05, 3.63) is 6.33 Å². The molecule has 7 nitrogen and oxygen atoms in total. The molecule has 0 spiro atoms. The van der Waals surface area contributed by atoms with Crippen molar-refractivity contribution in [2.24, 2.45) is 7.05 Å². The van der Waals surface area contributed by atoms with E-state index in [0.29, 0.717) is 29.4 Å². The quantitative estimate of drug-likeness (QED) is 0.783. The fourth-order valence-electron chi connectivity index (χ4n) is 1.46. The highest BCUT2D eigenvalue weighted by atomic mass is 32.2. The van der Waals surface area contributed by atoms with Gasteiger partial charge in [0.05, 0.1) is 19.5 Å². The van der Waals surface area contributed by atoms with Crippen molar-refractivity contribution in [2.45, 2.75) is 27.7 Å². The first-order chi connectivity index (χ1) is 10.7. The maximum Gasteiger partial charge on any atom is 0.247 e. The molecule has 2 heterocycles. The molecule has 0 atom stereocenters. The Hall–Kier alpha value is -1.54. The molecule has 3 N–H and O–H groups in total. The Morgan fingerprint density at radius 2 is 1.91 bits per heavy atom. The lowest BCUT2D eigenvalue weighted by Gasteiger charge is -2.06. The Labute approximate surface area is 136 Å². The summed E-state index contributed by atoms with van der Waals surface area (Å²) in [6, 6.07) is 0. The van der Waals surface area contributed by atoms with Gasteiger partial charge in [0.15, 0.2) is 11.2 Å². The number of aromatic nitrogens is 4. The molecule has 0 saturated carbocycles. The van der Waals surface area contributed by atoms with Gasteiger partial charge in [-0.15, -0.1) is 0 Å². The van der Waals surface area contributed by atoms with Crippen LogP contribution in [-0.2, 0) is 7.05 Å². The zero-order chi connectivity index (χ0) is 17.0. The second kappa shape index (κ2) is 12.0. The van der Waals surface area contributed by atoms with Gasteiger partial charge in [-0.2, -0.15) is 21.7 Å². The predicted molar refractivity (Wildman–Crippen MR) is 93.3 cm³/mol. The number of nitrogen functional groups attached to an aromatic ring is 1. The van der Waals surface area contributed by atoms with Crippen molar-refractivity contribution in [2.75, 3.05) is 30.5 Å². The number of anilines is 1. The standard InChI is InChI=1S/C10H15N5O2S.2C2H6/c1-15-6-12-7-8(15)13-10(11)14-9(7)17-3-5-18-4-2-16;2*1-2/h6,16H,2-5H2,1H3,(H2,11,13,14);2*1-2H3. The van der Waals surface area contributed by atoms with Crippen LogP contribution < -0.4 is 10.5 Å². The number of aryl methyl sites for hydroxylation is 1. The van der Waals surface area contributed by atoms with E-state index in [9.17, 15) is 0 Å². The molecule has 0 aromatic carbocycles. The van der Waals surface area contributed by atoms with Gasteiger partial charge >= 0.3 is 0 Å². The molecular formula is C14H27N5O2S. The number of rotatable bonds is 6. The maximum atomic E-state index is 8.65. The molecular weight excluding hydrogens is 302 g/mol. The molecule has 2 rings (SSSR count). The minimum Gasteiger partial charge on any atom is -0.475 e. The van der Waals surface area contributed by atoms with Crippen LogP contribution in [0.25, 0.3) is 11.2 Å². The highest BCUT2D eigenvalue weighted by Crippen LogP contribution is 2.21. The Bertz CT molecular complexity index is 533. The third kappa shape index (κ3) is 6.07. The van der Waals surface area contributed by atoms with Crippen molar-refractivity contribution < 1.29 is 9.84 Å². The number of fused-ring (bicyclic) bond motifs is 1. The topological polar surface area (TPSA) is 99.1 Å². The molecule has 2 aromatic rings. The largest absolute Gasteiger partial charge is 0.475 e. The van der Waals surface area contributed by atoms with E-state index in [-0.39, 0.29) is 12.6 Å². The molecule has 126 valence electrons. The minimum absolute atomic E-state index is 0.170. The van der Waals surface area contributed by atoms with Crippen molar-refractivity contribution in [3.63, 3.8) is 0 Å². The average molecular weight is 329 g/mol. The van der Waals surface area contributed by atoms with Gasteiger partial charge in [0.25, 0.3) is 0 Å². The summed E-state index contributed by atoms with van der Waals surface area (Å²) >= 11 is 1.61. The molecule has 0 radical (unpaired) electrons. The highest BCUT2D eigenvalue weighted by molar-refractivity contribution is 7.99. The zero-order valence-corrected chi connectivity index (χ0v) is 14.9. The third-order valence-electron chi connectivity index (χ3n) is 2.25. The number of aliphatic hydroxyl groups is 1. The van der Waals surface area contributed by atoms with Gasteiger partial charge < -0.3 is 20.1 Å². The molecule has 0 bridgehead atoms. The molecule has 22 heavy (non-hydrogen) atoms. The Kier molecular flexibility index (Phi) is 11.2. The maximum absolute atomic E-state index is 8.65. The van der Waals surface area contributed by atoms with E-state index in [2.05, 4.69) is 15.0 Å².